The van der Waals surface area contributed by atoms with Gasteiger partial charge in [-0.25, -0.2) is 4.39 Å². The van der Waals surface area contributed by atoms with Crippen molar-refractivity contribution in [1.29, 1.82) is 0 Å². The maximum Gasteiger partial charge on any atom is 0.235 e. The summed E-state index contributed by atoms with van der Waals surface area (Å²) < 4.78 is 25.0. The largest absolute Gasteiger partial charge is 0.481 e. The quantitative estimate of drug-likeness (QED) is 0.417. The first-order valence-electron chi connectivity index (χ1n) is 8.72. The molecule has 0 saturated carbocycles. The smallest absolute Gasteiger partial charge is 0.235 e. The SMILES string of the molecule is Cc1ccc2c(=O)c(OCc3ccc(F)cc3)c(-c3ccccc3Cl)oc2c1. The van der Waals surface area contributed by atoms with Gasteiger partial charge in [0.25, 0.3) is 0 Å². The van der Waals surface area contributed by atoms with Crippen molar-refractivity contribution in [3.05, 3.63) is 98.9 Å². The Hall–Kier alpha value is -3.11. The maximum atomic E-state index is 13.1. The number of benzene rings is 3. The average molecular weight is 395 g/mol. The summed E-state index contributed by atoms with van der Waals surface area (Å²) in [6.07, 6.45) is 0. The molecule has 5 heteroatoms. The van der Waals surface area contributed by atoms with E-state index in [4.69, 9.17) is 20.8 Å². The Kier molecular flexibility index (Phi) is 4.88. The zero-order valence-electron chi connectivity index (χ0n) is 15.0. The van der Waals surface area contributed by atoms with Crippen molar-refractivity contribution in [3.8, 4) is 17.1 Å². The third-order valence-electron chi connectivity index (χ3n) is 4.42. The van der Waals surface area contributed by atoms with E-state index in [1.54, 1.807) is 42.5 Å². The third kappa shape index (κ3) is 3.51. The summed E-state index contributed by atoms with van der Waals surface area (Å²) in [5.41, 5.74) is 2.46. The minimum atomic E-state index is -0.332. The zero-order valence-corrected chi connectivity index (χ0v) is 15.8. The number of rotatable bonds is 4. The predicted octanol–water partition coefficient (Wildman–Crippen LogP) is 6.14. The van der Waals surface area contributed by atoms with Crippen LogP contribution in [0, 0.1) is 12.7 Å². The third-order valence-corrected chi connectivity index (χ3v) is 4.75. The molecule has 0 aliphatic carbocycles. The normalized spacial score (nSPS) is 11.0. The van der Waals surface area contributed by atoms with Gasteiger partial charge in [0.15, 0.2) is 5.76 Å². The van der Waals surface area contributed by atoms with Crippen LogP contribution >= 0.6 is 11.6 Å². The first-order chi connectivity index (χ1) is 13.5. The molecule has 28 heavy (non-hydrogen) atoms. The molecule has 3 nitrogen and oxygen atoms in total. The molecule has 4 rings (SSSR count). The summed E-state index contributed by atoms with van der Waals surface area (Å²) in [5, 5.41) is 0.875. The Bertz CT molecular complexity index is 1210. The van der Waals surface area contributed by atoms with Gasteiger partial charge >= 0.3 is 0 Å². The Morgan fingerprint density at radius 2 is 1.79 bits per heavy atom. The molecule has 0 fully saturated rings. The van der Waals surface area contributed by atoms with Crippen LogP contribution in [0.3, 0.4) is 0 Å². The van der Waals surface area contributed by atoms with Crippen LogP contribution in [0.15, 0.2) is 75.9 Å². The fourth-order valence-corrected chi connectivity index (χ4v) is 3.19. The Morgan fingerprint density at radius 3 is 2.54 bits per heavy atom. The molecule has 140 valence electrons. The topological polar surface area (TPSA) is 39.4 Å². The van der Waals surface area contributed by atoms with Gasteiger partial charge < -0.3 is 9.15 Å². The molecule has 0 amide bonds. The number of aryl methyl sites for hydroxylation is 1. The average Bonchev–Trinajstić information content (AvgIpc) is 2.68. The van der Waals surface area contributed by atoms with Gasteiger partial charge in [0, 0.05) is 5.56 Å². The number of ether oxygens (including phenoxy) is 1. The molecule has 0 saturated heterocycles. The number of fused-ring (bicyclic) bond motifs is 1. The summed E-state index contributed by atoms with van der Waals surface area (Å²) in [4.78, 5) is 13.1. The molecule has 1 heterocycles. The summed E-state index contributed by atoms with van der Waals surface area (Å²) in [6.45, 7) is 2.02. The summed E-state index contributed by atoms with van der Waals surface area (Å²) in [5.74, 6) is 0.0192. The highest BCUT2D eigenvalue weighted by Gasteiger charge is 2.19. The number of halogens is 2. The lowest BCUT2D eigenvalue weighted by molar-refractivity contribution is 0.297. The van der Waals surface area contributed by atoms with Gasteiger partial charge in [0.1, 0.15) is 18.0 Å². The van der Waals surface area contributed by atoms with Gasteiger partial charge in [-0.3, -0.25) is 4.79 Å². The molecule has 0 unspecified atom stereocenters. The highest BCUT2D eigenvalue weighted by Crippen LogP contribution is 2.35. The second kappa shape index (κ2) is 7.49. The van der Waals surface area contributed by atoms with Gasteiger partial charge in [-0.05, 0) is 54.4 Å². The van der Waals surface area contributed by atoms with Crippen LogP contribution in [0.4, 0.5) is 4.39 Å². The minimum Gasteiger partial charge on any atom is -0.481 e. The van der Waals surface area contributed by atoms with Crippen LogP contribution in [0.2, 0.25) is 5.02 Å². The van der Waals surface area contributed by atoms with Crippen molar-refractivity contribution in [1.82, 2.24) is 0 Å². The fourth-order valence-electron chi connectivity index (χ4n) is 2.97. The predicted molar refractivity (Wildman–Crippen MR) is 108 cm³/mol. The highest BCUT2D eigenvalue weighted by molar-refractivity contribution is 6.33. The summed E-state index contributed by atoms with van der Waals surface area (Å²) in [7, 11) is 0. The van der Waals surface area contributed by atoms with E-state index >= 15 is 0 Å². The van der Waals surface area contributed by atoms with Crippen molar-refractivity contribution in [2.24, 2.45) is 0 Å². The van der Waals surface area contributed by atoms with Gasteiger partial charge in [-0.15, -0.1) is 0 Å². The fraction of sp³-hybridized carbons (Fsp3) is 0.0870. The van der Waals surface area contributed by atoms with Gasteiger partial charge in [0.2, 0.25) is 11.2 Å². The van der Waals surface area contributed by atoms with Crippen LogP contribution in [-0.4, -0.2) is 0 Å². The van der Waals surface area contributed by atoms with E-state index in [2.05, 4.69) is 0 Å². The monoisotopic (exact) mass is 394 g/mol. The molecule has 0 bridgehead atoms. The Morgan fingerprint density at radius 1 is 1.04 bits per heavy atom. The van der Waals surface area contributed by atoms with Gasteiger partial charge in [-0.2, -0.15) is 0 Å². The highest BCUT2D eigenvalue weighted by atomic mass is 35.5. The summed E-state index contributed by atoms with van der Waals surface area (Å²) >= 11 is 6.34. The van der Waals surface area contributed by atoms with Crippen LogP contribution in [0.5, 0.6) is 5.75 Å². The second-order valence-corrected chi connectivity index (χ2v) is 6.89. The number of hydrogen-bond acceptors (Lipinski definition) is 3. The lowest BCUT2D eigenvalue weighted by atomic mass is 10.1. The lowest BCUT2D eigenvalue weighted by Crippen LogP contribution is -2.10. The van der Waals surface area contributed by atoms with Crippen LogP contribution in [-0.2, 0) is 6.61 Å². The molecule has 4 aromatic rings. The van der Waals surface area contributed by atoms with E-state index < -0.39 is 0 Å². The first-order valence-corrected chi connectivity index (χ1v) is 9.10. The Labute approximate surface area is 166 Å². The molecular weight excluding hydrogens is 379 g/mol. The van der Waals surface area contributed by atoms with E-state index in [0.717, 1.165) is 11.1 Å². The minimum absolute atomic E-state index is 0.0776. The van der Waals surface area contributed by atoms with E-state index in [0.29, 0.717) is 21.6 Å². The maximum absolute atomic E-state index is 13.1. The zero-order chi connectivity index (χ0) is 19.7. The molecule has 0 aliphatic rings. The van der Waals surface area contributed by atoms with Crippen molar-refractivity contribution in [2.45, 2.75) is 13.5 Å². The lowest BCUT2D eigenvalue weighted by Gasteiger charge is -2.13. The number of hydrogen-bond donors (Lipinski definition) is 0. The Balaban J connectivity index is 1.87. The molecule has 1 aromatic heterocycles. The van der Waals surface area contributed by atoms with Crippen LogP contribution < -0.4 is 10.2 Å². The molecule has 0 aliphatic heterocycles. The molecule has 0 N–H and O–H groups in total. The van der Waals surface area contributed by atoms with Crippen molar-refractivity contribution in [2.75, 3.05) is 0 Å². The van der Waals surface area contributed by atoms with E-state index in [1.165, 1.54) is 12.1 Å². The molecule has 0 atom stereocenters. The molecule has 0 spiro atoms. The first kappa shape index (κ1) is 18.3. The molecule has 0 radical (unpaired) electrons. The van der Waals surface area contributed by atoms with Crippen molar-refractivity contribution < 1.29 is 13.5 Å². The van der Waals surface area contributed by atoms with Crippen LogP contribution in [0.25, 0.3) is 22.3 Å². The molecule has 3 aromatic carbocycles. The van der Waals surface area contributed by atoms with Gasteiger partial charge in [0.05, 0.1) is 10.4 Å². The van der Waals surface area contributed by atoms with Gasteiger partial charge in [-0.1, -0.05) is 41.9 Å². The van der Waals surface area contributed by atoms with Crippen LogP contribution in [0.1, 0.15) is 11.1 Å². The second-order valence-electron chi connectivity index (χ2n) is 6.48. The van der Waals surface area contributed by atoms with Crippen molar-refractivity contribution >= 4 is 22.6 Å². The molecular formula is C23H16ClFO3. The standard InChI is InChI=1S/C23H16ClFO3/c1-14-6-11-18-20(12-14)28-22(17-4-2-3-5-19(17)24)23(21(18)26)27-13-15-7-9-16(25)10-8-15/h2-12H,13H2,1H3. The van der Waals surface area contributed by atoms with E-state index in [1.807, 2.05) is 19.1 Å². The van der Waals surface area contributed by atoms with Crippen molar-refractivity contribution in [3.63, 3.8) is 0 Å². The van der Waals surface area contributed by atoms with E-state index in [9.17, 15) is 9.18 Å². The van der Waals surface area contributed by atoms with E-state index in [-0.39, 0.29) is 29.4 Å². The summed E-state index contributed by atoms with van der Waals surface area (Å²) in [6, 6.07) is 18.4.